The van der Waals surface area contributed by atoms with Gasteiger partial charge in [-0.2, -0.15) is 0 Å². The number of halogens is 1. The lowest BCUT2D eigenvalue weighted by molar-refractivity contribution is -0.447. The van der Waals surface area contributed by atoms with Crippen molar-refractivity contribution in [1.82, 2.24) is 0 Å². The second kappa shape index (κ2) is 4.43. The van der Waals surface area contributed by atoms with Crippen molar-refractivity contribution in [1.29, 1.82) is 0 Å². The molecule has 0 N–H and O–H groups in total. The highest BCUT2D eigenvalue weighted by atomic mass is 19.1. The number of nitrogens with zero attached hydrogens (tertiary/aromatic N) is 1. The fraction of sp³-hybridized carbons (Fsp3) is 0. The molecule has 0 unspecified atom stereocenters. The van der Waals surface area contributed by atoms with Crippen molar-refractivity contribution in [3.05, 3.63) is 46.9 Å². The summed E-state index contributed by atoms with van der Waals surface area (Å²) in [6.45, 7) is 3.29. The van der Waals surface area contributed by atoms with Gasteiger partial charge in [0.05, 0.1) is 4.92 Å². The van der Waals surface area contributed by atoms with Crippen LogP contribution in [-0.4, -0.2) is 4.92 Å². The summed E-state index contributed by atoms with van der Waals surface area (Å²) in [6.07, 6.45) is 4.74. The van der Waals surface area contributed by atoms with Crippen molar-refractivity contribution >= 4 is 0 Å². The van der Waals surface area contributed by atoms with Gasteiger partial charge in [-0.25, -0.2) is 0 Å². The topological polar surface area (TPSA) is 43.1 Å². The van der Waals surface area contributed by atoms with E-state index in [1.54, 1.807) is 0 Å². The molecule has 0 aromatic rings. The number of hydrogen-bond donors (Lipinski definition) is 0. The Kier molecular flexibility index (Phi) is 3.79. The SMILES string of the molecule is C=C/C=C\C=C(\F)[N+](=O)[O-]. The minimum Gasteiger partial charge on any atom is -0.256 e. The Morgan fingerprint density at radius 1 is 1.60 bits per heavy atom. The van der Waals surface area contributed by atoms with E-state index in [4.69, 9.17) is 0 Å². The average Bonchev–Trinajstić information content (AvgIpc) is 1.88. The standard InChI is InChI=1S/C6H6FNO2/c1-2-3-4-5-6(7)8(9)10/h2-5H,1H2/b4-3-,6-5-. The Hall–Kier alpha value is -1.45. The molecule has 0 aliphatic heterocycles. The summed E-state index contributed by atoms with van der Waals surface area (Å²) >= 11 is 0. The highest BCUT2D eigenvalue weighted by molar-refractivity contribution is 5.08. The van der Waals surface area contributed by atoms with Gasteiger partial charge in [0.15, 0.2) is 0 Å². The molecule has 4 heteroatoms. The molecule has 0 amide bonds. The maximum absolute atomic E-state index is 11.9. The zero-order valence-corrected chi connectivity index (χ0v) is 5.16. The molecule has 10 heavy (non-hydrogen) atoms. The van der Waals surface area contributed by atoms with E-state index in [9.17, 15) is 14.5 Å². The fourth-order valence-electron chi connectivity index (χ4n) is 0.274. The first-order valence-electron chi connectivity index (χ1n) is 2.47. The van der Waals surface area contributed by atoms with E-state index in [-0.39, 0.29) is 0 Å². The maximum Gasteiger partial charge on any atom is 0.419 e. The van der Waals surface area contributed by atoms with Crippen LogP contribution >= 0.6 is 0 Å². The first kappa shape index (κ1) is 8.55. The third kappa shape index (κ3) is 3.54. The molecular weight excluding hydrogens is 137 g/mol. The van der Waals surface area contributed by atoms with Gasteiger partial charge in [0.25, 0.3) is 0 Å². The molecule has 0 aromatic heterocycles. The van der Waals surface area contributed by atoms with Gasteiger partial charge in [-0.1, -0.05) is 24.8 Å². The van der Waals surface area contributed by atoms with Crippen LogP contribution in [0.4, 0.5) is 4.39 Å². The Balaban J connectivity index is 4.04. The fourth-order valence-corrected chi connectivity index (χ4v) is 0.274. The second-order valence-electron chi connectivity index (χ2n) is 1.37. The molecule has 0 rings (SSSR count). The van der Waals surface area contributed by atoms with Crippen LogP contribution in [0.1, 0.15) is 0 Å². The summed E-state index contributed by atoms with van der Waals surface area (Å²) in [4.78, 5) is 8.49. The average molecular weight is 143 g/mol. The van der Waals surface area contributed by atoms with Crippen LogP contribution < -0.4 is 0 Å². The van der Waals surface area contributed by atoms with Gasteiger partial charge < -0.3 is 0 Å². The van der Waals surface area contributed by atoms with Crippen LogP contribution in [0.15, 0.2) is 36.8 Å². The van der Waals surface area contributed by atoms with Crippen LogP contribution in [0.2, 0.25) is 0 Å². The molecule has 0 bridgehead atoms. The highest BCUT2D eigenvalue weighted by Crippen LogP contribution is 1.95. The quantitative estimate of drug-likeness (QED) is 0.262. The van der Waals surface area contributed by atoms with Gasteiger partial charge in [-0.05, 0) is 0 Å². The molecular formula is C6H6FNO2. The molecule has 0 atom stereocenters. The Morgan fingerprint density at radius 2 is 2.20 bits per heavy atom. The second-order valence-corrected chi connectivity index (χ2v) is 1.37. The molecule has 0 fully saturated rings. The molecule has 3 nitrogen and oxygen atoms in total. The van der Waals surface area contributed by atoms with Crippen molar-refractivity contribution in [2.45, 2.75) is 0 Å². The lowest BCUT2D eigenvalue weighted by Gasteiger charge is -1.78. The Labute approximate surface area is 57.3 Å². The third-order valence-corrected chi connectivity index (χ3v) is 0.655. The van der Waals surface area contributed by atoms with Crippen LogP contribution in [0.25, 0.3) is 0 Å². The van der Waals surface area contributed by atoms with Gasteiger partial charge in [0.1, 0.15) is 0 Å². The van der Waals surface area contributed by atoms with Crippen LogP contribution in [0.5, 0.6) is 0 Å². The van der Waals surface area contributed by atoms with Gasteiger partial charge in [0.2, 0.25) is 0 Å². The highest BCUT2D eigenvalue weighted by Gasteiger charge is 2.03. The largest absolute Gasteiger partial charge is 0.419 e. The van der Waals surface area contributed by atoms with Crippen LogP contribution in [0.3, 0.4) is 0 Å². The minimum atomic E-state index is -1.38. The normalized spacial score (nSPS) is 11.9. The molecule has 0 aromatic carbocycles. The zero-order valence-electron chi connectivity index (χ0n) is 5.16. The van der Waals surface area contributed by atoms with E-state index >= 15 is 0 Å². The Bertz CT molecular complexity index is 196. The van der Waals surface area contributed by atoms with Crippen molar-refractivity contribution < 1.29 is 9.31 Å². The van der Waals surface area contributed by atoms with Gasteiger partial charge in [-0.3, -0.25) is 10.1 Å². The third-order valence-electron chi connectivity index (χ3n) is 0.655. The summed E-state index contributed by atoms with van der Waals surface area (Å²) in [5, 5.41) is 9.60. The molecule has 0 saturated carbocycles. The first-order chi connectivity index (χ1) is 4.68. The van der Waals surface area contributed by atoms with Crippen LogP contribution in [-0.2, 0) is 0 Å². The molecule has 0 aliphatic carbocycles. The number of allylic oxidation sites excluding steroid dienone is 4. The molecule has 0 aliphatic rings. The summed E-state index contributed by atoms with van der Waals surface area (Å²) in [6, 6.07) is 0. The van der Waals surface area contributed by atoms with Crippen molar-refractivity contribution in [3.63, 3.8) is 0 Å². The van der Waals surface area contributed by atoms with E-state index in [1.807, 2.05) is 0 Å². The summed E-state index contributed by atoms with van der Waals surface area (Å²) < 4.78 is 11.9. The Morgan fingerprint density at radius 3 is 2.60 bits per heavy atom. The number of rotatable bonds is 3. The van der Waals surface area contributed by atoms with Gasteiger partial charge in [-0.15, -0.1) is 4.39 Å². The van der Waals surface area contributed by atoms with Gasteiger partial charge >= 0.3 is 5.95 Å². The number of nitro groups is 1. The van der Waals surface area contributed by atoms with E-state index in [0.29, 0.717) is 0 Å². The van der Waals surface area contributed by atoms with Crippen molar-refractivity contribution in [2.24, 2.45) is 0 Å². The van der Waals surface area contributed by atoms with E-state index in [2.05, 4.69) is 6.58 Å². The zero-order chi connectivity index (χ0) is 7.98. The molecule has 0 heterocycles. The van der Waals surface area contributed by atoms with Gasteiger partial charge in [0, 0.05) is 6.08 Å². The summed E-state index contributed by atoms with van der Waals surface area (Å²) in [5.74, 6) is -1.38. The number of hydrogen-bond acceptors (Lipinski definition) is 2. The first-order valence-corrected chi connectivity index (χ1v) is 2.47. The molecule has 0 radical (unpaired) electrons. The van der Waals surface area contributed by atoms with E-state index in [1.165, 1.54) is 18.2 Å². The van der Waals surface area contributed by atoms with Crippen molar-refractivity contribution in [3.8, 4) is 0 Å². The van der Waals surface area contributed by atoms with E-state index in [0.717, 1.165) is 6.08 Å². The summed E-state index contributed by atoms with van der Waals surface area (Å²) in [7, 11) is 0. The molecule has 54 valence electrons. The van der Waals surface area contributed by atoms with E-state index < -0.39 is 10.9 Å². The monoisotopic (exact) mass is 143 g/mol. The predicted molar refractivity (Wildman–Crippen MR) is 35.5 cm³/mol. The minimum absolute atomic E-state index is 0.752. The maximum atomic E-state index is 11.9. The van der Waals surface area contributed by atoms with Crippen molar-refractivity contribution in [2.75, 3.05) is 0 Å². The lowest BCUT2D eigenvalue weighted by Crippen LogP contribution is -1.90. The molecule has 0 saturated heterocycles. The predicted octanol–water partition coefficient (Wildman–Crippen LogP) is 1.82. The molecule has 0 spiro atoms. The lowest BCUT2D eigenvalue weighted by atomic mass is 10.5. The smallest absolute Gasteiger partial charge is 0.256 e. The summed E-state index contributed by atoms with van der Waals surface area (Å²) in [5.41, 5.74) is 0. The van der Waals surface area contributed by atoms with Crippen LogP contribution in [0, 0.1) is 10.1 Å².